The molecule has 0 saturated heterocycles. The minimum atomic E-state index is -1.01. The van der Waals surface area contributed by atoms with Crippen LogP contribution in [0.5, 0.6) is 0 Å². The van der Waals surface area contributed by atoms with Crippen LogP contribution in [0.3, 0.4) is 0 Å². The van der Waals surface area contributed by atoms with Crippen molar-refractivity contribution < 1.29 is 14.7 Å². The van der Waals surface area contributed by atoms with E-state index in [1.807, 2.05) is 39.0 Å². The van der Waals surface area contributed by atoms with Crippen LogP contribution in [0, 0.1) is 12.8 Å². The molecule has 0 aliphatic rings. The molecular weight excluding hydrogens is 270 g/mol. The van der Waals surface area contributed by atoms with Gasteiger partial charge >= 0.3 is 12.0 Å². The van der Waals surface area contributed by atoms with Crippen molar-refractivity contribution in [3.63, 3.8) is 0 Å². The second kappa shape index (κ2) is 7.61. The lowest BCUT2D eigenvalue weighted by molar-refractivity contribution is -0.137. The van der Waals surface area contributed by atoms with E-state index in [2.05, 4.69) is 4.98 Å². The number of hydrogen-bond acceptors (Lipinski definition) is 3. The Morgan fingerprint density at radius 2 is 2.00 bits per heavy atom. The number of aryl methyl sites for hydroxylation is 1. The van der Waals surface area contributed by atoms with Gasteiger partial charge in [0, 0.05) is 19.3 Å². The van der Waals surface area contributed by atoms with E-state index in [1.165, 1.54) is 9.80 Å². The molecule has 0 saturated carbocycles. The summed E-state index contributed by atoms with van der Waals surface area (Å²) in [5.41, 5.74) is 1.67. The summed E-state index contributed by atoms with van der Waals surface area (Å²) in [4.78, 5) is 30.5. The Kier molecular flexibility index (Phi) is 6.14. The van der Waals surface area contributed by atoms with Gasteiger partial charge in [-0.25, -0.2) is 4.79 Å². The predicted molar refractivity (Wildman–Crippen MR) is 79.9 cm³/mol. The number of hydrogen-bond donors (Lipinski definition) is 1. The highest BCUT2D eigenvalue weighted by Crippen LogP contribution is 2.07. The molecule has 0 unspecified atom stereocenters. The van der Waals surface area contributed by atoms with Crippen LogP contribution in [0.2, 0.25) is 0 Å². The van der Waals surface area contributed by atoms with Gasteiger partial charge < -0.3 is 14.9 Å². The van der Waals surface area contributed by atoms with Gasteiger partial charge in [-0.05, 0) is 25.0 Å². The van der Waals surface area contributed by atoms with Gasteiger partial charge in [0.2, 0.25) is 0 Å². The zero-order valence-electron chi connectivity index (χ0n) is 13.0. The van der Waals surface area contributed by atoms with Crippen molar-refractivity contribution in [2.24, 2.45) is 5.92 Å². The van der Waals surface area contributed by atoms with E-state index in [9.17, 15) is 9.59 Å². The van der Waals surface area contributed by atoms with Gasteiger partial charge in [0.05, 0.1) is 12.2 Å². The molecule has 0 aromatic carbocycles. The fourth-order valence-corrected chi connectivity index (χ4v) is 2.05. The molecule has 1 aromatic heterocycles. The van der Waals surface area contributed by atoms with Gasteiger partial charge in [0.1, 0.15) is 6.54 Å². The third-order valence-corrected chi connectivity index (χ3v) is 2.85. The first-order valence-corrected chi connectivity index (χ1v) is 6.94. The average Bonchev–Trinajstić information content (AvgIpc) is 2.35. The first-order valence-electron chi connectivity index (χ1n) is 6.94. The van der Waals surface area contributed by atoms with Crippen LogP contribution in [0.15, 0.2) is 18.2 Å². The number of carboxylic acid groups (broad SMARTS) is 1. The predicted octanol–water partition coefficient (Wildman–Crippen LogP) is 1.98. The van der Waals surface area contributed by atoms with E-state index < -0.39 is 5.97 Å². The highest BCUT2D eigenvalue weighted by molar-refractivity contribution is 5.80. The maximum Gasteiger partial charge on any atom is 0.323 e. The Hall–Kier alpha value is -2.11. The Labute approximate surface area is 125 Å². The summed E-state index contributed by atoms with van der Waals surface area (Å²) in [6, 6.07) is 5.33. The normalized spacial score (nSPS) is 10.5. The topological polar surface area (TPSA) is 73.7 Å². The maximum atomic E-state index is 12.4. The van der Waals surface area contributed by atoms with Crippen LogP contribution < -0.4 is 0 Å². The lowest BCUT2D eigenvalue weighted by atomic mass is 10.2. The highest BCUT2D eigenvalue weighted by atomic mass is 16.4. The van der Waals surface area contributed by atoms with Crippen molar-refractivity contribution in [3.8, 4) is 0 Å². The first-order chi connectivity index (χ1) is 9.79. The van der Waals surface area contributed by atoms with E-state index in [0.29, 0.717) is 13.1 Å². The molecule has 0 radical (unpaired) electrons. The number of rotatable bonds is 6. The molecule has 0 fully saturated rings. The van der Waals surface area contributed by atoms with E-state index in [1.54, 1.807) is 7.05 Å². The number of nitrogens with zero attached hydrogens (tertiary/aromatic N) is 3. The van der Waals surface area contributed by atoms with Crippen molar-refractivity contribution in [1.82, 2.24) is 14.8 Å². The largest absolute Gasteiger partial charge is 0.480 e. The van der Waals surface area contributed by atoms with Crippen LogP contribution in [0.1, 0.15) is 25.2 Å². The summed E-state index contributed by atoms with van der Waals surface area (Å²) in [6.07, 6.45) is 0. The number of carboxylic acids is 1. The van der Waals surface area contributed by atoms with Crippen LogP contribution >= 0.6 is 0 Å². The number of carbonyl (C=O) groups excluding carboxylic acids is 1. The molecule has 0 spiro atoms. The van der Waals surface area contributed by atoms with Crippen LogP contribution in [0.25, 0.3) is 0 Å². The van der Waals surface area contributed by atoms with Crippen LogP contribution in [-0.4, -0.2) is 52.0 Å². The minimum Gasteiger partial charge on any atom is -0.480 e. The second-order valence-corrected chi connectivity index (χ2v) is 5.58. The molecule has 116 valence electrons. The fourth-order valence-electron chi connectivity index (χ4n) is 2.05. The van der Waals surface area contributed by atoms with Gasteiger partial charge in [-0.15, -0.1) is 0 Å². The molecule has 21 heavy (non-hydrogen) atoms. The summed E-state index contributed by atoms with van der Waals surface area (Å²) in [7, 11) is 1.65. The number of aliphatic carboxylic acids is 1. The van der Waals surface area contributed by atoms with Gasteiger partial charge in [-0.2, -0.15) is 0 Å². The molecule has 1 N–H and O–H groups in total. The van der Waals surface area contributed by atoms with Crippen molar-refractivity contribution in [3.05, 3.63) is 29.6 Å². The first kappa shape index (κ1) is 16.9. The molecule has 0 bridgehead atoms. The maximum absolute atomic E-state index is 12.4. The van der Waals surface area contributed by atoms with Crippen LogP contribution in [-0.2, 0) is 11.3 Å². The van der Waals surface area contributed by atoms with E-state index in [-0.39, 0.29) is 18.5 Å². The smallest absolute Gasteiger partial charge is 0.323 e. The van der Waals surface area contributed by atoms with Crippen molar-refractivity contribution >= 4 is 12.0 Å². The van der Waals surface area contributed by atoms with Crippen molar-refractivity contribution in [1.29, 1.82) is 0 Å². The molecule has 0 aliphatic heterocycles. The van der Waals surface area contributed by atoms with Crippen LogP contribution in [0.4, 0.5) is 4.79 Å². The Bertz CT molecular complexity index is 503. The van der Waals surface area contributed by atoms with Gasteiger partial charge in [0.15, 0.2) is 0 Å². The Balaban J connectivity index is 2.75. The van der Waals surface area contributed by atoms with E-state index in [0.717, 1.165) is 11.4 Å². The number of aromatic nitrogens is 1. The van der Waals surface area contributed by atoms with E-state index >= 15 is 0 Å². The number of urea groups is 1. The van der Waals surface area contributed by atoms with Gasteiger partial charge in [0.25, 0.3) is 0 Å². The fraction of sp³-hybridized carbons (Fsp3) is 0.533. The molecule has 1 aromatic rings. The second-order valence-electron chi connectivity index (χ2n) is 5.58. The average molecular weight is 293 g/mol. The van der Waals surface area contributed by atoms with E-state index in [4.69, 9.17) is 5.11 Å². The number of amides is 2. The highest BCUT2D eigenvalue weighted by Gasteiger charge is 2.21. The molecule has 6 heteroatoms. The van der Waals surface area contributed by atoms with Gasteiger partial charge in [-0.1, -0.05) is 19.9 Å². The lowest BCUT2D eigenvalue weighted by Crippen LogP contribution is -2.45. The summed E-state index contributed by atoms with van der Waals surface area (Å²) >= 11 is 0. The summed E-state index contributed by atoms with van der Waals surface area (Å²) < 4.78 is 0. The molecule has 1 heterocycles. The molecule has 6 nitrogen and oxygen atoms in total. The monoisotopic (exact) mass is 293 g/mol. The van der Waals surface area contributed by atoms with Crippen molar-refractivity contribution in [2.45, 2.75) is 27.3 Å². The number of pyridine rings is 1. The zero-order valence-corrected chi connectivity index (χ0v) is 13.0. The Morgan fingerprint density at radius 3 is 2.52 bits per heavy atom. The molecule has 0 aliphatic carbocycles. The molecule has 2 amide bonds. The molecule has 0 atom stereocenters. The third-order valence-electron chi connectivity index (χ3n) is 2.85. The lowest BCUT2D eigenvalue weighted by Gasteiger charge is -2.28. The summed E-state index contributed by atoms with van der Waals surface area (Å²) in [6.45, 7) is 6.27. The Morgan fingerprint density at radius 1 is 1.33 bits per heavy atom. The third kappa shape index (κ3) is 5.81. The minimum absolute atomic E-state index is 0.207. The SMILES string of the molecule is Cc1cccc(CN(C)C(=O)N(CC(=O)O)CC(C)C)n1. The molecule has 1 rings (SSSR count). The van der Waals surface area contributed by atoms with Crippen molar-refractivity contribution in [2.75, 3.05) is 20.1 Å². The summed E-state index contributed by atoms with van der Waals surface area (Å²) in [5, 5.41) is 8.93. The quantitative estimate of drug-likeness (QED) is 0.870. The van der Waals surface area contributed by atoms with Gasteiger partial charge in [-0.3, -0.25) is 9.78 Å². The molecular formula is C15H23N3O3. The number of carbonyl (C=O) groups is 2. The standard InChI is InChI=1S/C15H23N3O3/c1-11(2)8-18(10-14(19)20)15(21)17(4)9-13-7-5-6-12(3)16-13/h5-7,11H,8-10H2,1-4H3,(H,19,20). The summed E-state index contributed by atoms with van der Waals surface area (Å²) in [5.74, 6) is -0.801. The zero-order chi connectivity index (χ0) is 16.0.